The molecule has 1 aromatic carbocycles. The second-order valence-corrected chi connectivity index (χ2v) is 9.10. The van der Waals surface area contributed by atoms with Gasteiger partial charge in [-0.3, -0.25) is 19.5 Å². The molecule has 2 fully saturated rings. The number of nitrogens with one attached hydrogen (secondary N) is 2. The summed E-state index contributed by atoms with van der Waals surface area (Å²) in [6, 6.07) is 6.64. The highest BCUT2D eigenvalue weighted by atomic mass is 19.4. The maximum absolute atomic E-state index is 12.8. The van der Waals surface area contributed by atoms with Gasteiger partial charge in [-0.05, 0) is 55.9 Å². The van der Waals surface area contributed by atoms with Crippen molar-refractivity contribution in [1.29, 1.82) is 0 Å². The van der Waals surface area contributed by atoms with Crippen molar-refractivity contribution in [3.8, 4) is 5.75 Å². The fourth-order valence-electron chi connectivity index (χ4n) is 4.93. The van der Waals surface area contributed by atoms with E-state index >= 15 is 0 Å². The second kappa shape index (κ2) is 10.6. The van der Waals surface area contributed by atoms with Crippen LogP contribution in [0.3, 0.4) is 0 Å². The monoisotopic (exact) mass is 490 g/mol. The van der Waals surface area contributed by atoms with E-state index < -0.39 is 17.6 Å². The average Bonchev–Trinajstić information content (AvgIpc) is 2.84. The molecule has 188 valence electrons. The van der Waals surface area contributed by atoms with Gasteiger partial charge in [0.25, 0.3) is 5.91 Å². The van der Waals surface area contributed by atoms with Gasteiger partial charge in [0.2, 0.25) is 5.91 Å². The number of amides is 2. The highest BCUT2D eigenvalue weighted by molar-refractivity contribution is 5.96. The minimum Gasteiger partial charge on any atom is -0.495 e. The molecule has 2 heterocycles. The Balaban J connectivity index is 1.17. The van der Waals surface area contributed by atoms with Crippen molar-refractivity contribution in [2.45, 2.75) is 49.9 Å². The summed E-state index contributed by atoms with van der Waals surface area (Å²) in [5, 5.41) is 5.27. The van der Waals surface area contributed by atoms with E-state index in [1.807, 2.05) is 6.07 Å². The molecule has 1 aliphatic carbocycles. The molecule has 2 N–H and O–H groups in total. The van der Waals surface area contributed by atoms with E-state index in [1.54, 1.807) is 19.5 Å². The molecule has 0 atom stereocenters. The van der Waals surface area contributed by atoms with Crippen LogP contribution in [-0.4, -0.2) is 60.5 Å². The van der Waals surface area contributed by atoms with E-state index in [4.69, 9.17) is 4.74 Å². The largest absolute Gasteiger partial charge is 0.495 e. The molecule has 1 aliphatic heterocycles. The molecule has 0 spiro atoms. The first-order chi connectivity index (χ1) is 16.7. The van der Waals surface area contributed by atoms with E-state index in [0.29, 0.717) is 12.0 Å². The molecule has 1 saturated heterocycles. The van der Waals surface area contributed by atoms with Gasteiger partial charge in [-0.15, -0.1) is 0 Å². The fourth-order valence-corrected chi connectivity index (χ4v) is 4.93. The number of alkyl halides is 3. The first-order valence-corrected chi connectivity index (χ1v) is 11.7. The molecule has 35 heavy (non-hydrogen) atoms. The van der Waals surface area contributed by atoms with Crippen LogP contribution < -0.4 is 15.4 Å². The van der Waals surface area contributed by atoms with Crippen LogP contribution in [0.25, 0.3) is 0 Å². The topological polar surface area (TPSA) is 83.6 Å². The van der Waals surface area contributed by atoms with Crippen molar-refractivity contribution < 1.29 is 27.5 Å². The van der Waals surface area contributed by atoms with Gasteiger partial charge in [-0.2, -0.15) is 13.2 Å². The minimum atomic E-state index is -4.53. The smallest absolute Gasteiger partial charge is 0.416 e. The number of carbonyl (C=O) groups is 2. The van der Waals surface area contributed by atoms with Crippen molar-refractivity contribution in [3.63, 3.8) is 0 Å². The Bertz CT molecular complexity index is 1050. The Kier molecular flexibility index (Phi) is 7.59. The number of carbonyl (C=O) groups excluding carboxylic acids is 2. The molecule has 2 aromatic rings. The highest BCUT2D eigenvalue weighted by Crippen LogP contribution is 2.39. The third-order valence-electron chi connectivity index (χ3n) is 6.83. The predicted molar refractivity (Wildman–Crippen MR) is 123 cm³/mol. The molecule has 4 rings (SSSR count). The standard InChI is InChI=1S/C25H29F3N4O3/c1-35-22-12-29-10-9-21(22)16-5-7-20(8-6-16)32-14-19(15-32)31-23(33)13-30-24(34)17-3-2-4-18(11-17)25(26,27)28/h2-4,9-12,16,19-20H,5-8,13-15H2,1H3,(H,30,34)(H,31,33)/t16-,20+. The second-order valence-electron chi connectivity index (χ2n) is 9.10. The summed E-state index contributed by atoms with van der Waals surface area (Å²) in [5.41, 5.74) is 0.169. The molecule has 2 amide bonds. The lowest BCUT2D eigenvalue weighted by Crippen LogP contribution is -2.63. The summed E-state index contributed by atoms with van der Waals surface area (Å²) in [7, 11) is 1.66. The summed E-state index contributed by atoms with van der Waals surface area (Å²) in [6.45, 7) is 1.22. The number of halogens is 3. The number of aromatic nitrogens is 1. The maximum Gasteiger partial charge on any atom is 0.416 e. The number of benzene rings is 1. The summed E-state index contributed by atoms with van der Waals surface area (Å²) >= 11 is 0. The molecule has 1 saturated carbocycles. The molecule has 0 radical (unpaired) electrons. The lowest BCUT2D eigenvalue weighted by molar-refractivity contribution is -0.137. The van der Waals surface area contributed by atoms with Gasteiger partial charge in [-0.1, -0.05) is 6.07 Å². The van der Waals surface area contributed by atoms with E-state index in [9.17, 15) is 22.8 Å². The number of ether oxygens (including phenoxy) is 1. The van der Waals surface area contributed by atoms with E-state index in [2.05, 4.69) is 20.5 Å². The van der Waals surface area contributed by atoms with Gasteiger partial charge in [0, 0.05) is 36.5 Å². The Labute approximate surface area is 202 Å². The Morgan fingerprint density at radius 3 is 2.57 bits per heavy atom. The van der Waals surface area contributed by atoms with Crippen molar-refractivity contribution in [2.24, 2.45) is 0 Å². The number of methoxy groups -OCH3 is 1. The SMILES string of the molecule is COc1cnccc1[C@H]1CC[C@@H](N2CC(NC(=O)CNC(=O)c3cccc(C(F)(F)F)c3)C2)CC1. The first-order valence-electron chi connectivity index (χ1n) is 11.7. The normalized spacial score (nSPS) is 21.1. The van der Waals surface area contributed by atoms with Crippen LogP contribution in [0.5, 0.6) is 5.75 Å². The van der Waals surface area contributed by atoms with Crippen LogP contribution in [0.15, 0.2) is 42.7 Å². The number of hydrogen-bond donors (Lipinski definition) is 2. The van der Waals surface area contributed by atoms with Crippen LogP contribution in [0, 0.1) is 0 Å². The summed E-state index contributed by atoms with van der Waals surface area (Å²) < 4.78 is 43.9. The average molecular weight is 491 g/mol. The minimum absolute atomic E-state index is 0.00553. The molecule has 10 heteroatoms. The molecule has 1 aromatic heterocycles. The predicted octanol–water partition coefficient (Wildman–Crippen LogP) is 3.37. The van der Waals surface area contributed by atoms with Crippen molar-refractivity contribution in [1.82, 2.24) is 20.5 Å². The Hall–Kier alpha value is -3.14. The van der Waals surface area contributed by atoms with E-state index in [0.717, 1.165) is 56.7 Å². The number of hydrogen-bond acceptors (Lipinski definition) is 5. The maximum atomic E-state index is 12.8. The van der Waals surface area contributed by atoms with Crippen LogP contribution in [-0.2, 0) is 11.0 Å². The third kappa shape index (κ3) is 6.11. The zero-order valence-corrected chi connectivity index (χ0v) is 19.5. The molecular weight excluding hydrogens is 461 g/mol. The number of rotatable bonds is 7. The lowest BCUT2D eigenvalue weighted by atomic mass is 9.80. The first kappa shape index (κ1) is 25.0. The van der Waals surface area contributed by atoms with Crippen LogP contribution in [0.1, 0.15) is 53.1 Å². The summed E-state index contributed by atoms with van der Waals surface area (Å²) in [4.78, 5) is 30.9. The number of likely N-dealkylation sites (tertiary alicyclic amines) is 1. The van der Waals surface area contributed by atoms with E-state index in [1.165, 1.54) is 17.7 Å². The van der Waals surface area contributed by atoms with Gasteiger partial charge in [-0.25, -0.2) is 0 Å². The Morgan fingerprint density at radius 2 is 1.89 bits per heavy atom. The summed E-state index contributed by atoms with van der Waals surface area (Å²) in [6.07, 6.45) is 3.31. The van der Waals surface area contributed by atoms with Crippen LogP contribution >= 0.6 is 0 Å². The number of nitrogens with zero attached hydrogens (tertiary/aromatic N) is 2. The molecule has 7 nitrogen and oxygen atoms in total. The van der Waals surface area contributed by atoms with Gasteiger partial charge >= 0.3 is 6.18 Å². The van der Waals surface area contributed by atoms with Gasteiger partial charge in [0.05, 0.1) is 31.5 Å². The van der Waals surface area contributed by atoms with Crippen molar-refractivity contribution in [2.75, 3.05) is 26.7 Å². The van der Waals surface area contributed by atoms with Crippen LogP contribution in [0.4, 0.5) is 13.2 Å². The Morgan fingerprint density at radius 1 is 1.14 bits per heavy atom. The molecule has 2 aliphatic rings. The fraction of sp³-hybridized carbons (Fsp3) is 0.480. The highest BCUT2D eigenvalue weighted by Gasteiger charge is 2.36. The molecule has 0 bridgehead atoms. The van der Waals surface area contributed by atoms with Gasteiger partial charge in [0.15, 0.2) is 0 Å². The third-order valence-corrected chi connectivity index (χ3v) is 6.83. The van der Waals surface area contributed by atoms with Crippen molar-refractivity contribution in [3.05, 3.63) is 59.4 Å². The molecular formula is C25H29F3N4O3. The zero-order chi connectivity index (χ0) is 25.0. The zero-order valence-electron chi connectivity index (χ0n) is 19.5. The van der Waals surface area contributed by atoms with Gasteiger partial charge in [0.1, 0.15) is 5.75 Å². The van der Waals surface area contributed by atoms with Gasteiger partial charge < -0.3 is 15.4 Å². The van der Waals surface area contributed by atoms with E-state index in [-0.39, 0.29) is 24.1 Å². The quantitative estimate of drug-likeness (QED) is 0.622. The summed E-state index contributed by atoms with van der Waals surface area (Å²) in [5.74, 6) is 0.219. The molecule has 0 unspecified atom stereocenters. The lowest BCUT2D eigenvalue weighted by Gasteiger charge is -2.46. The number of pyridine rings is 1. The van der Waals surface area contributed by atoms with Crippen molar-refractivity contribution >= 4 is 11.8 Å². The van der Waals surface area contributed by atoms with Crippen LogP contribution in [0.2, 0.25) is 0 Å².